The highest BCUT2D eigenvalue weighted by Crippen LogP contribution is 2.28. The molecule has 0 unspecified atom stereocenters. The lowest BCUT2D eigenvalue weighted by molar-refractivity contribution is 0.0528. The van der Waals surface area contributed by atoms with Crippen molar-refractivity contribution in [2.45, 2.75) is 59.3 Å². The highest BCUT2D eigenvalue weighted by atomic mass is 16.6. The number of benzene rings is 1. The Balaban J connectivity index is 0.000000230. The van der Waals surface area contributed by atoms with Gasteiger partial charge in [-0.2, -0.15) is 0 Å². The zero-order chi connectivity index (χ0) is 35.9. The van der Waals surface area contributed by atoms with Crippen LogP contribution in [0.1, 0.15) is 47.1 Å². The van der Waals surface area contributed by atoms with E-state index in [0.717, 1.165) is 5.56 Å². The van der Waals surface area contributed by atoms with Gasteiger partial charge >= 0.3 is 12.2 Å². The molecule has 0 spiro atoms. The zero-order valence-electron chi connectivity index (χ0n) is 28.7. The topological polar surface area (TPSA) is 162 Å². The fraction of sp³-hybridized carbons (Fsp3) is 0.314. The largest absolute Gasteiger partial charge is 0.491 e. The van der Waals surface area contributed by atoms with Crippen LogP contribution in [0.15, 0.2) is 89.2 Å². The average Bonchev–Trinajstić information content (AvgIpc) is 3.72. The molecule has 0 aliphatic rings. The van der Waals surface area contributed by atoms with Crippen molar-refractivity contribution in [3.63, 3.8) is 0 Å². The molecule has 0 saturated heterocycles. The van der Waals surface area contributed by atoms with E-state index in [0.29, 0.717) is 17.9 Å². The van der Waals surface area contributed by atoms with Gasteiger partial charge in [-0.25, -0.2) is 28.7 Å². The number of ether oxygens (including phenoxy) is 4. The quantitative estimate of drug-likeness (QED) is 0.241. The number of hydrogen-bond acceptors (Lipinski definition) is 10. The summed E-state index contributed by atoms with van der Waals surface area (Å²) in [5.74, 6) is 0.737. The highest BCUT2D eigenvalue weighted by molar-refractivity contribution is 5.78. The maximum absolute atomic E-state index is 12.6. The molecule has 5 rings (SSSR count). The molecule has 14 heteroatoms. The van der Waals surface area contributed by atoms with Crippen LogP contribution >= 0.6 is 0 Å². The van der Waals surface area contributed by atoms with Gasteiger partial charge in [-0.05, 0) is 47.1 Å². The molecule has 0 aliphatic heterocycles. The van der Waals surface area contributed by atoms with Crippen LogP contribution in [0.4, 0.5) is 9.59 Å². The van der Waals surface area contributed by atoms with Crippen LogP contribution in [0.2, 0.25) is 0 Å². The first-order valence-corrected chi connectivity index (χ1v) is 15.2. The second kappa shape index (κ2) is 14.9. The number of nitrogens with one attached hydrogen (secondary N) is 1. The predicted octanol–water partition coefficient (Wildman–Crippen LogP) is 5.58. The Morgan fingerprint density at radius 2 is 1.24 bits per heavy atom. The molecule has 0 saturated carbocycles. The number of pyridine rings is 2. The van der Waals surface area contributed by atoms with Crippen LogP contribution in [-0.4, -0.2) is 66.3 Å². The van der Waals surface area contributed by atoms with E-state index in [2.05, 4.69) is 15.0 Å². The fourth-order valence-corrected chi connectivity index (χ4v) is 4.61. The van der Waals surface area contributed by atoms with Gasteiger partial charge in [-0.3, -0.25) is 9.59 Å². The summed E-state index contributed by atoms with van der Waals surface area (Å²) in [5.41, 5.74) is -0.124. The minimum absolute atomic E-state index is 0.0912. The number of aromatic nitrogens is 6. The summed E-state index contributed by atoms with van der Waals surface area (Å²) < 4.78 is 25.6. The molecule has 1 aromatic carbocycles. The van der Waals surface area contributed by atoms with Gasteiger partial charge in [0.15, 0.2) is 23.1 Å². The van der Waals surface area contributed by atoms with Crippen molar-refractivity contribution in [3.8, 4) is 34.5 Å². The summed E-state index contributed by atoms with van der Waals surface area (Å²) in [4.78, 5) is 60.3. The third kappa shape index (κ3) is 8.91. The molecule has 0 bridgehead atoms. The smallest absolute Gasteiger partial charge is 0.420 e. The van der Waals surface area contributed by atoms with E-state index in [-0.39, 0.29) is 34.0 Å². The molecular weight excluding hydrogens is 632 g/mol. The monoisotopic (exact) mass is 672 g/mol. The van der Waals surface area contributed by atoms with Gasteiger partial charge in [0, 0.05) is 55.9 Å². The lowest BCUT2D eigenvalue weighted by Gasteiger charge is -2.21. The number of H-pyrrole nitrogens is 1. The van der Waals surface area contributed by atoms with Crippen LogP contribution in [0, 0.1) is 0 Å². The van der Waals surface area contributed by atoms with Gasteiger partial charge in [0.25, 0.3) is 0 Å². The fourth-order valence-electron chi connectivity index (χ4n) is 4.61. The van der Waals surface area contributed by atoms with Crippen molar-refractivity contribution < 1.29 is 28.5 Å². The zero-order valence-corrected chi connectivity index (χ0v) is 28.7. The first kappa shape index (κ1) is 35.9. The first-order valence-electron chi connectivity index (χ1n) is 15.2. The Hall–Kier alpha value is -5.92. The third-order valence-corrected chi connectivity index (χ3v) is 6.55. The summed E-state index contributed by atoms with van der Waals surface area (Å²) in [6, 6.07) is 12.6. The van der Waals surface area contributed by atoms with Crippen LogP contribution in [0.25, 0.3) is 23.0 Å². The lowest BCUT2D eigenvalue weighted by Crippen LogP contribution is -2.27. The maximum atomic E-state index is 12.6. The summed E-state index contributed by atoms with van der Waals surface area (Å²) in [6.45, 7) is 11.2. The summed E-state index contributed by atoms with van der Waals surface area (Å²) in [6.07, 6.45) is 7.88. The minimum atomic E-state index is -0.664. The molecule has 14 nitrogen and oxygen atoms in total. The maximum Gasteiger partial charge on any atom is 0.420 e. The molecule has 0 aliphatic carbocycles. The van der Waals surface area contributed by atoms with E-state index >= 15 is 0 Å². The number of imidazole rings is 2. The van der Waals surface area contributed by atoms with Crippen molar-refractivity contribution in [3.05, 3.63) is 106 Å². The molecule has 0 radical (unpaired) electrons. The van der Waals surface area contributed by atoms with E-state index in [1.165, 1.54) is 66.5 Å². The van der Waals surface area contributed by atoms with Gasteiger partial charge in [-0.15, -0.1) is 0 Å². The average molecular weight is 673 g/mol. The van der Waals surface area contributed by atoms with Crippen molar-refractivity contribution >= 4 is 12.2 Å². The van der Waals surface area contributed by atoms with Gasteiger partial charge in [0.05, 0.1) is 14.2 Å². The van der Waals surface area contributed by atoms with E-state index < -0.39 is 23.4 Å². The van der Waals surface area contributed by atoms with Gasteiger partial charge in [-0.1, -0.05) is 30.3 Å². The van der Waals surface area contributed by atoms with E-state index in [1.807, 2.05) is 34.9 Å². The van der Waals surface area contributed by atoms with E-state index in [9.17, 15) is 19.2 Å². The van der Waals surface area contributed by atoms with Gasteiger partial charge in [0.1, 0.15) is 22.6 Å². The van der Waals surface area contributed by atoms with Crippen LogP contribution in [-0.2, 0) is 16.0 Å². The lowest BCUT2D eigenvalue weighted by atomic mass is 10.2. The molecule has 0 amide bonds. The number of nitrogens with zero attached hydrogens (tertiary/aromatic N) is 5. The molecule has 5 aromatic rings. The van der Waals surface area contributed by atoms with Crippen LogP contribution < -0.4 is 20.3 Å². The van der Waals surface area contributed by atoms with Crippen molar-refractivity contribution in [2.75, 3.05) is 14.2 Å². The number of rotatable bonds is 6. The Morgan fingerprint density at radius 3 is 1.80 bits per heavy atom. The van der Waals surface area contributed by atoms with Crippen molar-refractivity contribution in [1.82, 2.24) is 28.7 Å². The molecule has 0 fully saturated rings. The third-order valence-electron chi connectivity index (χ3n) is 6.55. The van der Waals surface area contributed by atoms with Gasteiger partial charge in [0.2, 0.25) is 10.9 Å². The summed E-state index contributed by atoms with van der Waals surface area (Å²) >= 11 is 0. The number of aromatic amines is 1. The normalized spacial score (nSPS) is 11.3. The molecule has 0 atom stereocenters. The number of hydrogen-bond donors (Lipinski definition) is 1. The minimum Gasteiger partial charge on any atom is -0.491 e. The Bertz CT molecular complexity index is 2030. The Morgan fingerprint density at radius 1 is 0.714 bits per heavy atom. The second-order valence-electron chi connectivity index (χ2n) is 12.6. The standard InChI is InChI=1S/C21H23N3O4.C14H17N3O4/c1-21(2,3)28-20(26)24-13-11-22-19(24)17-18(27-4)16(25)10-12-23(17)14-15-8-6-5-7-9-15;1-14(2,3)21-13(19)17-8-7-16-12(17)10-11(20-4)9(18)5-6-15-10/h5-13H,14H2,1-4H3;5-8H,1-4H3,(H,15,18). The van der Waals surface area contributed by atoms with Crippen molar-refractivity contribution in [2.24, 2.45) is 0 Å². The SMILES string of the molecule is COc1c(-c2nccn2C(=O)OC(C)(C)C)[nH]ccc1=O.COc1c(-c2nccn2C(=O)OC(C)(C)C)n(Cc2ccccc2)ccc1=O. The van der Waals surface area contributed by atoms with E-state index in [1.54, 1.807) is 47.7 Å². The molecule has 49 heavy (non-hydrogen) atoms. The van der Waals surface area contributed by atoms with Gasteiger partial charge < -0.3 is 28.5 Å². The Kier molecular flexibility index (Phi) is 10.9. The van der Waals surface area contributed by atoms with Crippen molar-refractivity contribution in [1.29, 1.82) is 0 Å². The molecule has 4 aromatic heterocycles. The van der Waals surface area contributed by atoms with Crippen LogP contribution in [0.3, 0.4) is 0 Å². The van der Waals surface area contributed by atoms with Crippen LogP contribution in [0.5, 0.6) is 11.5 Å². The summed E-state index contributed by atoms with van der Waals surface area (Å²) in [5, 5.41) is 0. The first-order chi connectivity index (χ1) is 23.1. The highest BCUT2D eigenvalue weighted by Gasteiger charge is 2.25. The molecule has 1 N–H and O–H groups in total. The Labute approximate surface area is 282 Å². The molecule has 258 valence electrons. The number of carbonyl (C=O) groups excluding carboxylic acids is 2. The number of carbonyl (C=O) groups is 2. The predicted molar refractivity (Wildman–Crippen MR) is 182 cm³/mol. The molecule has 4 heterocycles. The summed E-state index contributed by atoms with van der Waals surface area (Å²) in [7, 11) is 2.81. The number of methoxy groups -OCH3 is 2. The van der Waals surface area contributed by atoms with E-state index in [4.69, 9.17) is 18.9 Å². The molecular formula is C35H40N6O8. The second-order valence-corrected chi connectivity index (χ2v) is 12.6.